The lowest BCUT2D eigenvalue weighted by Crippen LogP contribution is -2.21. The van der Waals surface area contributed by atoms with Crippen LogP contribution in [0.2, 0.25) is 5.02 Å². The van der Waals surface area contributed by atoms with E-state index in [9.17, 15) is 10.1 Å². The number of nitriles is 1. The monoisotopic (exact) mass is 538 g/mol. The standard InChI is InChI=1S/C26H20BrClN2O4/c1-14-8-19(9-15(2)25(14)28)32-13-23(31)33-18-6-7-20-22(11-18)34-26(30)21(12-29)24(20)16-4-3-5-17(27)10-16/h3-11,24H,13,30H2,1-2H3. The van der Waals surface area contributed by atoms with Crippen LogP contribution in [0.4, 0.5) is 0 Å². The number of hydrogen-bond donors (Lipinski definition) is 1. The lowest BCUT2D eigenvalue weighted by molar-refractivity contribution is -0.136. The molecule has 4 rings (SSSR count). The van der Waals surface area contributed by atoms with E-state index in [0.717, 1.165) is 26.7 Å². The molecule has 1 aliphatic heterocycles. The number of carbonyl (C=O) groups is 1. The molecule has 1 heterocycles. The van der Waals surface area contributed by atoms with Crippen molar-refractivity contribution in [1.82, 2.24) is 0 Å². The molecule has 1 unspecified atom stereocenters. The van der Waals surface area contributed by atoms with Crippen LogP contribution in [0.3, 0.4) is 0 Å². The Morgan fingerprint density at radius 3 is 2.56 bits per heavy atom. The van der Waals surface area contributed by atoms with Crippen molar-refractivity contribution in [2.24, 2.45) is 5.73 Å². The fourth-order valence-electron chi connectivity index (χ4n) is 3.82. The molecule has 0 aliphatic carbocycles. The van der Waals surface area contributed by atoms with Gasteiger partial charge in [-0.25, -0.2) is 4.79 Å². The van der Waals surface area contributed by atoms with Crippen LogP contribution in [0, 0.1) is 25.2 Å². The van der Waals surface area contributed by atoms with Crippen molar-refractivity contribution in [1.29, 1.82) is 5.26 Å². The summed E-state index contributed by atoms with van der Waals surface area (Å²) in [5.41, 5.74) is 9.71. The molecule has 8 heteroatoms. The van der Waals surface area contributed by atoms with Crippen molar-refractivity contribution in [3.05, 3.63) is 97.8 Å². The molecule has 0 spiro atoms. The summed E-state index contributed by atoms with van der Waals surface area (Å²) in [6.07, 6.45) is 0. The molecular weight excluding hydrogens is 520 g/mol. The molecule has 0 bridgehead atoms. The summed E-state index contributed by atoms with van der Waals surface area (Å²) in [7, 11) is 0. The average Bonchev–Trinajstić information content (AvgIpc) is 2.80. The predicted octanol–water partition coefficient (Wildman–Crippen LogP) is 5.92. The first-order valence-corrected chi connectivity index (χ1v) is 11.5. The number of fused-ring (bicyclic) bond motifs is 1. The average molecular weight is 540 g/mol. The minimum atomic E-state index is -0.578. The molecule has 0 amide bonds. The van der Waals surface area contributed by atoms with Crippen LogP contribution in [-0.2, 0) is 4.79 Å². The van der Waals surface area contributed by atoms with Crippen LogP contribution >= 0.6 is 27.5 Å². The molecule has 1 aliphatic rings. The van der Waals surface area contributed by atoms with Gasteiger partial charge < -0.3 is 19.9 Å². The van der Waals surface area contributed by atoms with Crippen molar-refractivity contribution < 1.29 is 19.0 Å². The number of nitrogens with zero attached hydrogens (tertiary/aromatic N) is 1. The molecule has 3 aromatic rings. The van der Waals surface area contributed by atoms with Crippen molar-refractivity contribution >= 4 is 33.5 Å². The van der Waals surface area contributed by atoms with Crippen molar-refractivity contribution in [2.75, 3.05) is 6.61 Å². The van der Waals surface area contributed by atoms with E-state index in [4.69, 9.17) is 31.5 Å². The van der Waals surface area contributed by atoms with E-state index >= 15 is 0 Å². The van der Waals surface area contributed by atoms with Gasteiger partial charge in [-0.1, -0.05) is 45.7 Å². The van der Waals surface area contributed by atoms with E-state index in [0.29, 0.717) is 22.1 Å². The van der Waals surface area contributed by atoms with Crippen LogP contribution in [-0.4, -0.2) is 12.6 Å². The Morgan fingerprint density at radius 2 is 1.88 bits per heavy atom. The van der Waals surface area contributed by atoms with Gasteiger partial charge in [-0.05, 0) is 60.9 Å². The molecule has 2 N–H and O–H groups in total. The summed E-state index contributed by atoms with van der Waals surface area (Å²) in [5.74, 6) is 0.249. The van der Waals surface area contributed by atoms with Gasteiger partial charge in [0.05, 0.1) is 5.92 Å². The molecule has 0 aromatic heterocycles. The van der Waals surface area contributed by atoms with Gasteiger partial charge in [0.25, 0.3) is 0 Å². The number of carbonyl (C=O) groups excluding carboxylic acids is 1. The van der Waals surface area contributed by atoms with E-state index in [1.807, 2.05) is 38.1 Å². The minimum absolute atomic E-state index is 0.0141. The Kier molecular flexibility index (Phi) is 6.82. The fraction of sp³-hybridized carbons (Fsp3) is 0.154. The number of esters is 1. The van der Waals surface area contributed by atoms with Crippen LogP contribution in [0.25, 0.3) is 0 Å². The molecule has 172 valence electrons. The summed E-state index contributed by atoms with van der Waals surface area (Å²) >= 11 is 9.64. The maximum atomic E-state index is 12.4. The first-order valence-electron chi connectivity index (χ1n) is 10.3. The van der Waals surface area contributed by atoms with Crippen LogP contribution in [0.1, 0.15) is 28.2 Å². The van der Waals surface area contributed by atoms with E-state index in [1.54, 1.807) is 30.3 Å². The quantitative estimate of drug-likeness (QED) is 0.319. The first-order chi connectivity index (χ1) is 16.3. The van der Waals surface area contributed by atoms with Crippen molar-refractivity contribution in [3.63, 3.8) is 0 Å². The zero-order chi connectivity index (χ0) is 24.4. The summed E-state index contributed by atoms with van der Waals surface area (Å²) in [6.45, 7) is 3.46. The number of hydrogen-bond acceptors (Lipinski definition) is 6. The van der Waals surface area contributed by atoms with Gasteiger partial charge in [-0.15, -0.1) is 0 Å². The smallest absolute Gasteiger partial charge is 0.349 e. The zero-order valence-electron chi connectivity index (χ0n) is 18.4. The van der Waals surface area contributed by atoms with Crippen LogP contribution in [0.5, 0.6) is 17.2 Å². The third kappa shape index (κ3) is 4.89. The van der Waals surface area contributed by atoms with Crippen molar-refractivity contribution in [3.8, 4) is 23.3 Å². The SMILES string of the molecule is Cc1cc(OCC(=O)Oc2ccc3c(c2)OC(N)=C(C#N)C3c2cccc(Br)c2)cc(C)c1Cl. The Labute approximate surface area is 210 Å². The van der Waals surface area contributed by atoms with E-state index < -0.39 is 11.9 Å². The summed E-state index contributed by atoms with van der Waals surface area (Å²) in [5, 5.41) is 10.4. The van der Waals surface area contributed by atoms with Gasteiger partial charge in [0, 0.05) is 21.1 Å². The van der Waals surface area contributed by atoms with Gasteiger partial charge >= 0.3 is 5.97 Å². The lowest BCUT2D eigenvalue weighted by atomic mass is 9.83. The number of aryl methyl sites for hydroxylation is 2. The normalized spacial score (nSPS) is 14.6. The second-order valence-corrected chi connectivity index (χ2v) is 9.11. The molecule has 6 nitrogen and oxygen atoms in total. The van der Waals surface area contributed by atoms with Gasteiger partial charge in [-0.3, -0.25) is 0 Å². The maximum Gasteiger partial charge on any atom is 0.349 e. The molecule has 0 saturated carbocycles. The number of halogens is 2. The van der Waals surface area contributed by atoms with Gasteiger partial charge in [0.2, 0.25) is 5.88 Å². The Bertz CT molecular complexity index is 1340. The third-order valence-electron chi connectivity index (χ3n) is 5.37. The molecule has 0 saturated heterocycles. The van der Waals surface area contributed by atoms with E-state index in [1.165, 1.54) is 0 Å². The molecule has 34 heavy (non-hydrogen) atoms. The van der Waals surface area contributed by atoms with Crippen molar-refractivity contribution in [2.45, 2.75) is 19.8 Å². The maximum absolute atomic E-state index is 12.4. The molecule has 0 radical (unpaired) electrons. The lowest BCUT2D eigenvalue weighted by Gasteiger charge is -2.26. The molecule has 3 aromatic carbocycles. The highest BCUT2D eigenvalue weighted by Gasteiger charge is 2.31. The molecule has 1 atom stereocenters. The first kappa shape index (κ1) is 23.7. The number of rotatable bonds is 5. The largest absolute Gasteiger partial charge is 0.482 e. The number of nitrogens with two attached hydrogens (primary N) is 1. The highest BCUT2D eigenvalue weighted by molar-refractivity contribution is 9.10. The minimum Gasteiger partial charge on any atom is -0.482 e. The van der Waals surface area contributed by atoms with Gasteiger partial charge in [-0.2, -0.15) is 5.26 Å². The Morgan fingerprint density at radius 1 is 1.15 bits per heavy atom. The summed E-state index contributed by atoms with van der Waals surface area (Å²) < 4.78 is 17.6. The van der Waals surface area contributed by atoms with E-state index in [2.05, 4.69) is 22.0 Å². The zero-order valence-corrected chi connectivity index (χ0v) is 20.7. The highest BCUT2D eigenvalue weighted by Crippen LogP contribution is 2.43. The number of benzene rings is 3. The number of ether oxygens (including phenoxy) is 3. The topological polar surface area (TPSA) is 94.6 Å². The molecule has 0 fully saturated rings. The van der Waals surface area contributed by atoms with Gasteiger partial charge in [0.15, 0.2) is 6.61 Å². The Balaban J connectivity index is 1.53. The summed E-state index contributed by atoms with van der Waals surface area (Å²) in [6, 6.07) is 18.3. The fourth-order valence-corrected chi connectivity index (χ4v) is 4.35. The third-order valence-corrected chi connectivity index (χ3v) is 6.46. The van der Waals surface area contributed by atoms with E-state index in [-0.39, 0.29) is 18.2 Å². The molecular formula is C26H20BrClN2O4. The van der Waals surface area contributed by atoms with Gasteiger partial charge in [0.1, 0.15) is 28.9 Å². The second kappa shape index (κ2) is 9.80. The van der Waals surface area contributed by atoms with Crippen LogP contribution < -0.4 is 19.9 Å². The highest BCUT2D eigenvalue weighted by atomic mass is 79.9. The predicted molar refractivity (Wildman–Crippen MR) is 132 cm³/mol. The summed E-state index contributed by atoms with van der Waals surface area (Å²) in [4.78, 5) is 12.4. The Hall–Kier alpha value is -3.47. The number of allylic oxidation sites excluding steroid dienone is 1. The van der Waals surface area contributed by atoms with Crippen LogP contribution in [0.15, 0.2) is 70.5 Å². The second-order valence-electron chi connectivity index (χ2n) is 7.81.